The first-order chi connectivity index (χ1) is 14.2. The molecule has 0 spiro atoms. The maximum Gasteiger partial charge on any atom is 0.265 e. The minimum atomic E-state index is -0.509. The topological polar surface area (TPSA) is 107 Å². The van der Waals surface area contributed by atoms with Gasteiger partial charge in [-0.15, -0.1) is 0 Å². The number of carbonyl (C=O) groups excluding carboxylic acids is 2. The van der Waals surface area contributed by atoms with Crippen LogP contribution in [0.15, 0.2) is 66.5 Å². The van der Waals surface area contributed by atoms with Gasteiger partial charge in [-0.1, -0.05) is 30.3 Å². The van der Waals surface area contributed by atoms with Crippen molar-refractivity contribution in [3.63, 3.8) is 0 Å². The molecule has 4 heterocycles. The Morgan fingerprint density at radius 1 is 1.17 bits per heavy atom. The van der Waals surface area contributed by atoms with Crippen LogP contribution in [0.1, 0.15) is 12.0 Å². The predicted molar refractivity (Wildman–Crippen MR) is 106 cm³/mol. The van der Waals surface area contributed by atoms with E-state index in [1.54, 1.807) is 12.4 Å². The van der Waals surface area contributed by atoms with Gasteiger partial charge in [-0.25, -0.2) is 5.10 Å². The number of anilines is 3. The lowest BCUT2D eigenvalue weighted by molar-refractivity contribution is -0.120. The summed E-state index contributed by atoms with van der Waals surface area (Å²) in [6, 6.07) is 11.8. The van der Waals surface area contributed by atoms with Gasteiger partial charge >= 0.3 is 0 Å². The van der Waals surface area contributed by atoms with E-state index in [2.05, 4.69) is 25.5 Å². The highest BCUT2D eigenvalue weighted by atomic mass is 16.2. The van der Waals surface area contributed by atoms with Gasteiger partial charge in [-0.3, -0.25) is 19.9 Å². The van der Waals surface area contributed by atoms with E-state index in [9.17, 15) is 9.59 Å². The van der Waals surface area contributed by atoms with Crippen molar-refractivity contribution < 1.29 is 9.59 Å². The van der Waals surface area contributed by atoms with Crippen LogP contribution in [0.2, 0.25) is 0 Å². The molecule has 1 amide bonds. The average Bonchev–Trinajstić information content (AvgIpc) is 3.35. The summed E-state index contributed by atoms with van der Waals surface area (Å²) in [6.07, 6.45) is 5.02. The molecule has 0 saturated carbocycles. The van der Waals surface area contributed by atoms with Crippen molar-refractivity contribution in [2.45, 2.75) is 13.0 Å². The molecule has 2 N–H and O–H groups in total. The average molecular weight is 387 g/mol. The quantitative estimate of drug-likeness (QED) is 0.658. The number of hydrogen-bond acceptors (Lipinski definition) is 7. The predicted octanol–water partition coefficient (Wildman–Crippen LogP) is 1.85. The van der Waals surface area contributed by atoms with E-state index in [0.717, 1.165) is 16.9 Å². The summed E-state index contributed by atoms with van der Waals surface area (Å²) in [5.41, 5.74) is 2.98. The highest BCUT2D eigenvalue weighted by Crippen LogP contribution is 2.44. The molecule has 0 atom stereocenters. The monoisotopic (exact) mass is 387 g/mol. The minimum absolute atomic E-state index is 0.111. The van der Waals surface area contributed by atoms with Gasteiger partial charge in [-0.05, 0) is 11.6 Å². The highest BCUT2D eigenvalue weighted by molar-refractivity contribution is 6.25. The number of rotatable bonds is 4. The van der Waals surface area contributed by atoms with Crippen LogP contribution in [0, 0.1) is 0 Å². The first-order valence-electron chi connectivity index (χ1n) is 9.19. The molecular formula is C20H17N7O2. The molecule has 2 aliphatic heterocycles. The second kappa shape index (κ2) is 6.86. The number of Topliss-reactive ketones (excluding diaryl/α,β-unsaturated/α-hetero) is 1. The van der Waals surface area contributed by atoms with Gasteiger partial charge in [-0.2, -0.15) is 10.1 Å². The third-order valence-corrected chi connectivity index (χ3v) is 4.99. The standard InChI is InChI=1S/C20H17N7O2/c28-16-7-9-26-15-10-21-8-6-14(15)27(11-13-4-2-1-3-5-13)19(26)17(16)18(29)24-20-22-12-23-25-20/h1-6,8,10,12H,7,9,11H2,(H2,22,23,24,25,29). The fourth-order valence-electron chi connectivity index (χ4n) is 3.74. The molecule has 2 aromatic heterocycles. The fourth-order valence-corrected chi connectivity index (χ4v) is 3.74. The number of nitrogens with zero attached hydrogens (tertiary/aromatic N) is 5. The first-order valence-corrected chi connectivity index (χ1v) is 9.19. The van der Waals surface area contributed by atoms with Crippen molar-refractivity contribution in [3.8, 4) is 0 Å². The third kappa shape index (κ3) is 2.92. The van der Waals surface area contributed by atoms with E-state index in [1.807, 2.05) is 46.2 Å². The summed E-state index contributed by atoms with van der Waals surface area (Å²) < 4.78 is 0. The molecule has 5 rings (SSSR count). The van der Waals surface area contributed by atoms with Gasteiger partial charge in [0.05, 0.1) is 17.6 Å². The molecule has 0 fully saturated rings. The number of fused-ring (bicyclic) bond motifs is 3. The maximum absolute atomic E-state index is 13.0. The lowest BCUT2D eigenvalue weighted by atomic mass is 10.0. The molecule has 3 aromatic rings. The van der Waals surface area contributed by atoms with Crippen molar-refractivity contribution >= 4 is 29.0 Å². The Balaban J connectivity index is 1.62. The van der Waals surface area contributed by atoms with Crippen molar-refractivity contribution in [1.29, 1.82) is 0 Å². The highest BCUT2D eigenvalue weighted by Gasteiger charge is 2.41. The largest absolute Gasteiger partial charge is 0.323 e. The van der Waals surface area contributed by atoms with Crippen LogP contribution in [0.5, 0.6) is 0 Å². The lowest BCUT2D eigenvalue weighted by Crippen LogP contribution is -2.40. The molecule has 9 nitrogen and oxygen atoms in total. The zero-order valence-corrected chi connectivity index (χ0v) is 15.4. The molecule has 0 unspecified atom stereocenters. The van der Waals surface area contributed by atoms with E-state index in [4.69, 9.17) is 0 Å². The van der Waals surface area contributed by atoms with Gasteiger partial charge in [0.1, 0.15) is 17.7 Å². The number of pyridine rings is 1. The second-order valence-electron chi connectivity index (χ2n) is 6.75. The van der Waals surface area contributed by atoms with Gasteiger partial charge in [0.2, 0.25) is 5.95 Å². The third-order valence-electron chi connectivity index (χ3n) is 4.99. The number of aromatic amines is 1. The molecule has 144 valence electrons. The Morgan fingerprint density at radius 2 is 2.03 bits per heavy atom. The van der Waals surface area contributed by atoms with Crippen LogP contribution in [0.4, 0.5) is 17.3 Å². The number of aromatic nitrogens is 4. The van der Waals surface area contributed by atoms with Gasteiger partial charge in [0.15, 0.2) is 5.78 Å². The molecule has 0 saturated heterocycles. The van der Waals surface area contributed by atoms with Crippen molar-refractivity contribution in [2.24, 2.45) is 0 Å². The Bertz CT molecular complexity index is 1110. The fraction of sp³-hybridized carbons (Fsp3) is 0.150. The number of H-pyrrole nitrogens is 1. The first kappa shape index (κ1) is 17.1. The molecule has 2 aliphatic rings. The van der Waals surface area contributed by atoms with E-state index >= 15 is 0 Å². The van der Waals surface area contributed by atoms with Crippen LogP contribution in [0.3, 0.4) is 0 Å². The molecule has 9 heteroatoms. The van der Waals surface area contributed by atoms with Gasteiger partial charge in [0, 0.05) is 25.7 Å². The van der Waals surface area contributed by atoms with Crippen molar-refractivity contribution in [3.05, 3.63) is 72.1 Å². The molecule has 0 radical (unpaired) electrons. The van der Waals surface area contributed by atoms with Crippen LogP contribution in [-0.2, 0) is 16.1 Å². The SMILES string of the molecule is O=C1CCN2C(=C1C(=O)Nc1ncn[nH]1)N(Cc1ccccc1)c1ccncc12. The number of amides is 1. The number of ketones is 1. The number of hydrogen-bond donors (Lipinski definition) is 2. The van der Waals surface area contributed by atoms with E-state index in [1.165, 1.54) is 6.33 Å². The minimum Gasteiger partial charge on any atom is -0.323 e. The smallest absolute Gasteiger partial charge is 0.265 e. The molecule has 0 aliphatic carbocycles. The van der Waals surface area contributed by atoms with Crippen LogP contribution < -0.4 is 15.1 Å². The molecule has 29 heavy (non-hydrogen) atoms. The summed E-state index contributed by atoms with van der Waals surface area (Å²) in [5, 5.41) is 8.94. The van der Waals surface area contributed by atoms with Gasteiger partial charge in [0.25, 0.3) is 5.91 Å². The maximum atomic E-state index is 13.0. The lowest BCUT2D eigenvalue weighted by Gasteiger charge is -2.30. The van der Waals surface area contributed by atoms with Crippen LogP contribution in [-0.4, -0.2) is 38.4 Å². The number of nitrogens with one attached hydrogen (secondary N) is 2. The van der Waals surface area contributed by atoms with E-state index < -0.39 is 5.91 Å². The Morgan fingerprint density at radius 3 is 2.83 bits per heavy atom. The van der Waals surface area contributed by atoms with Crippen molar-refractivity contribution in [1.82, 2.24) is 20.2 Å². The number of benzene rings is 1. The molecule has 1 aromatic carbocycles. The zero-order valence-electron chi connectivity index (χ0n) is 15.4. The van der Waals surface area contributed by atoms with E-state index in [0.29, 0.717) is 18.9 Å². The normalized spacial score (nSPS) is 15.4. The number of carbonyl (C=O) groups is 2. The summed E-state index contributed by atoms with van der Waals surface area (Å²) in [4.78, 5) is 38.0. The van der Waals surface area contributed by atoms with Crippen molar-refractivity contribution in [2.75, 3.05) is 21.7 Å². The van der Waals surface area contributed by atoms with Crippen LogP contribution in [0.25, 0.3) is 0 Å². The second-order valence-corrected chi connectivity index (χ2v) is 6.75. The van der Waals surface area contributed by atoms with E-state index in [-0.39, 0.29) is 23.7 Å². The Kier molecular flexibility index (Phi) is 4.05. The molecular weight excluding hydrogens is 370 g/mol. The Labute approximate surface area is 166 Å². The molecule has 0 bridgehead atoms. The van der Waals surface area contributed by atoms with Crippen LogP contribution >= 0.6 is 0 Å². The Hall–Kier alpha value is -4.01. The summed E-state index contributed by atoms with van der Waals surface area (Å²) in [7, 11) is 0. The zero-order chi connectivity index (χ0) is 19.8. The summed E-state index contributed by atoms with van der Waals surface area (Å²) in [6.45, 7) is 1.02. The van der Waals surface area contributed by atoms with Gasteiger partial charge < -0.3 is 9.80 Å². The summed E-state index contributed by atoms with van der Waals surface area (Å²) >= 11 is 0. The summed E-state index contributed by atoms with van der Waals surface area (Å²) in [5.74, 6) is 0.0577.